The van der Waals surface area contributed by atoms with Crippen molar-refractivity contribution in [2.24, 2.45) is 0 Å². The van der Waals surface area contributed by atoms with E-state index in [9.17, 15) is 20.2 Å². The summed E-state index contributed by atoms with van der Waals surface area (Å²) >= 11 is 0. The summed E-state index contributed by atoms with van der Waals surface area (Å²) in [5.41, 5.74) is -1.16. The third-order valence-corrected chi connectivity index (χ3v) is 4.95. The van der Waals surface area contributed by atoms with Gasteiger partial charge in [-0.2, -0.15) is 0 Å². The Morgan fingerprint density at radius 2 is 0.967 bits per heavy atom. The van der Waals surface area contributed by atoms with Gasteiger partial charge in [-0.1, -0.05) is 78.1 Å². The van der Waals surface area contributed by atoms with Gasteiger partial charge in [0.2, 0.25) is 0 Å². The summed E-state index contributed by atoms with van der Waals surface area (Å²) in [4.78, 5) is 21.0. The first kappa shape index (κ1) is 25.7. The number of benzene rings is 1. The Kier molecular flexibility index (Phi) is 13.2. The molecule has 0 spiro atoms. The van der Waals surface area contributed by atoms with Crippen molar-refractivity contribution in [1.29, 1.82) is 0 Å². The highest BCUT2D eigenvalue weighted by Gasteiger charge is 2.28. The van der Waals surface area contributed by atoms with Crippen LogP contribution >= 0.6 is 0 Å². The molecule has 0 N–H and O–H groups in total. The number of nitro groups is 2. The zero-order valence-corrected chi connectivity index (χ0v) is 18.4. The molecular formula is C22H36N2O6. The average Bonchev–Trinajstić information content (AvgIpc) is 2.72. The topological polar surface area (TPSA) is 105 Å². The van der Waals surface area contributed by atoms with E-state index in [1.807, 2.05) is 0 Å². The van der Waals surface area contributed by atoms with Crippen molar-refractivity contribution in [3.63, 3.8) is 0 Å². The van der Waals surface area contributed by atoms with E-state index >= 15 is 0 Å². The van der Waals surface area contributed by atoms with Crippen LogP contribution in [0, 0.1) is 20.2 Å². The first-order chi connectivity index (χ1) is 14.5. The lowest BCUT2D eigenvalue weighted by atomic mass is 10.1. The molecule has 1 rings (SSSR count). The molecule has 0 atom stereocenters. The van der Waals surface area contributed by atoms with Gasteiger partial charge >= 0.3 is 11.4 Å². The lowest BCUT2D eigenvalue weighted by molar-refractivity contribution is -0.422. The molecule has 0 unspecified atom stereocenters. The summed E-state index contributed by atoms with van der Waals surface area (Å²) in [7, 11) is 0. The van der Waals surface area contributed by atoms with Gasteiger partial charge < -0.3 is 9.47 Å². The number of hydrogen-bond donors (Lipinski definition) is 0. The highest BCUT2D eigenvalue weighted by atomic mass is 16.6. The van der Waals surface area contributed by atoms with Crippen LogP contribution < -0.4 is 9.47 Å². The molecule has 0 saturated carbocycles. The zero-order chi connectivity index (χ0) is 22.2. The van der Waals surface area contributed by atoms with Gasteiger partial charge in [0, 0.05) is 0 Å². The number of ether oxygens (including phenoxy) is 2. The first-order valence-corrected chi connectivity index (χ1v) is 11.2. The normalized spacial score (nSPS) is 10.7. The van der Waals surface area contributed by atoms with E-state index in [0.717, 1.165) is 50.7 Å². The Morgan fingerprint density at radius 3 is 1.30 bits per heavy atom. The fourth-order valence-corrected chi connectivity index (χ4v) is 3.19. The third-order valence-electron chi connectivity index (χ3n) is 4.95. The molecule has 1 aromatic carbocycles. The van der Waals surface area contributed by atoms with E-state index in [2.05, 4.69) is 13.8 Å². The molecule has 0 fully saturated rings. The van der Waals surface area contributed by atoms with Gasteiger partial charge in [-0.15, -0.1) is 0 Å². The molecule has 0 aliphatic heterocycles. The van der Waals surface area contributed by atoms with E-state index in [4.69, 9.17) is 9.47 Å². The molecular weight excluding hydrogens is 388 g/mol. The highest BCUT2D eigenvalue weighted by Crippen LogP contribution is 2.39. The minimum atomic E-state index is -0.757. The lowest BCUT2D eigenvalue weighted by Crippen LogP contribution is -2.05. The summed E-state index contributed by atoms with van der Waals surface area (Å²) in [6, 6.07) is 2.23. The van der Waals surface area contributed by atoms with Crippen LogP contribution in [0.15, 0.2) is 12.1 Å². The molecule has 0 amide bonds. The van der Waals surface area contributed by atoms with Gasteiger partial charge in [0.05, 0.1) is 35.2 Å². The van der Waals surface area contributed by atoms with Crippen LogP contribution in [0.2, 0.25) is 0 Å². The Labute approximate surface area is 179 Å². The molecule has 8 nitrogen and oxygen atoms in total. The van der Waals surface area contributed by atoms with Crippen LogP contribution in [-0.4, -0.2) is 23.1 Å². The molecule has 30 heavy (non-hydrogen) atoms. The van der Waals surface area contributed by atoms with E-state index in [1.165, 1.54) is 38.5 Å². The minimum Gasteiger partial charge on any atom is -0.489 e. The smallest absolute Gasteiger partial charge is 0.350 e. The van der Waals surface area contributed by atoms with Gasteiger partial charge in [0.25, 0.3) is 0 Å². The molecule has 0 aliphatic rings. The van der Waals surface area contributed by atoms with Crippen molar-refractivity contribution in [1.82, 2.24) is 0 Å². The SMILES string of the molecule is CCCCCCCCOc1cc([N+](=O)[O-])c([N+](=O)[O-])cc1OCCCCCCCC. The Morgan fingerprint density at radius 1 is 0.633 bits per heavy atom. The third kappa shape index (κ3) is 9.89. The number of hydrogen-bond acceptors (Lipinski definition) is 6. The summed E-state index contributed by atoms with van der Waals surface area (Å²) < 4.78 is 11.5. The molecule has 0 heterocycles. The van der Waals surface area contributed by atoms with Gasteiger partial charge in [-0.3, -0.25) is 20.2 Å². The molecule has 170 valence electrons. The fourth-order valence-electron chi connectivity index (χ4n) is 3.19. The quantitative estimate of drug-likeness (QED) is 0.143. The van der Waals surface area contributed by atoms with E-state index < -0.39 is 21.2 Å². The second kappa shape index (κ2) is 15.5. The van der Waals surface area contributed by atoms with Crippen molar-refractivity contribution < 1.29 is 19.3 Å². The van der Waals surface area contributed by atoms with Crippen LogP contribution in [0.4, 0.5) is 11.4 Å². The molecule has 0 saturated heterocycles. The Balaban J connectivity index is 2.72. The Bertz CT molecular complexity index is 596. The lowest BCUT2D eigenvalue weighted by Gasteiger charge is -2.13. The van der Waals surface area contributed by atoms with Crippen molar-refractivity contribution in [2.75, 3.05) is 13.2 Å². The maximum Gasteiger partial charge on any atom is 0.350 e. The molecule has 8 heteroatoms. The molecule has 0 aliphatic carbocycles. The molecule has 1 aromatic rings. The predicted octanol–water partition coefficient (Wildman–Crippen LogP) is 6.98. The predicted molar refractivity (Wildman–Crippen MR) is 117 cm³/mol. The average molecular weight is 425 g/mol. The Hall–Kier alpha value is -2.38. The zero-order valence-electron chi connectivity index (χ0n) is 18.4. The standard InChI is InChI=1S/C22H36N2O6/c1-3-5-7-9-11-13-15-29-21-17-19(23(25)26)20(24(27)28)18-22(21)30-16-14-12-10-8-6-4-2/h17-18H,3-16H2,1-2H3. The van der Waals surface area contributed by atoms with E-state index in [1.54, 1.807) is 0 Å². The van der Waals surface area contributed by atoms with Crippen LogP contribution in [0.25, 0.3) is 0 Å². The number of nitrogens with zero attached hydrogens (tertiary/aromatic N) is 2. The monoisotopic (exact) mass is 424 g/mol. The molecule has 0 aromatic heterocycles. The van der Waals surface area contributed by atoms with Gasteiger partial charge in [0.1, 0.15) is 0 Å². The maximum atomic E-state index is 11.3. The largest absolute Gasteiger partial charge is 0.489 e. The van der Waals surface area contributed by atoms with Crippen LogP contribution in [0.1, 0.15) is 90.9 Å². The fraction of sp³-hybridized carbons (Fsp3) is 0.727. The van der Waals surface area contributed by atoms with Crippen molar-refractivity contribution >= 4 is 11.4 Å². The minimum absolute atomic E-state index is 0.201. The molecule has 0 radical (unpaired) electrons. The van der Waals surface area contributed by atoms with Crippen LogP contribution in [-0.2, 0) is 0 Å². The summed E-state index contributed by atoms with van der Waals surface area (Å²) in [6.45, 7) is 5.12. The van der Waals surface area contributed by atoms with E-state index in [0.29, 0.717) is 13.2 Å². The number of rotatable bonds is 18. The first-order valence-electron chi connectivity index (χ1n) is 11.2. The number of nitro benzene ring substituents is 2. The second-order valence-corrected chi connectivity index (χ2v) is 7.53. The second-order valence-electron chi connectivity index (χ2n) is 7.53. The van der Waals surface area contributed by atoms with Crippen molar-refractivity contribution in [3.8, 4) is 11.5 Å². The summed E-state index contributed by atoms with van der Waals surface area (Å²) in [5.74, 6) is 0.402. The highest BCUT2D eigenvalue weighted by molar-refractivity contribution is 5.62. The molecule has 0 bridgehead atoms. The summed E-state index contributed by atoms with van der Waals surface area (Å²) in [6.07, 6.45) is 13.1. The number of unbranched alkanes of at least 4 members (excludes halogenated alkanes) is 10. The van der Waals surface area contributed by atoms with Crippen LogP contribution in [0.3, 0.4) is 0 Å². The van der Waals surface area contributed by atoms with E-state index in [-0.39, 0.29) is 11.5 Å². The van der Waals surface area contributed by atoms with Crippen molar-refractivity contribution in [2.45, 2.75) is 90.9 Å². The summed E-state index contributed by atoms with van der Waals surface area (Å²) in [5, 5.41) is 22.5. The van der Waals surface area contributed by atoms with Crippen LogP contribution in [0.5, 0.6) is 11.5 Å². The maximum absolute atomic E-state index is 11.3. The van der Waals surface area contributed by atoms with Gasteiger partial charge in [-0.05, 0) is 12.8 Å². The van der Waals surface area contributed by atoms with Gasteiger partial charge in [-0.25, -0.2) is 0 Å². The van der Waals surface area contributed by atoms with Crippen molar-refractivity contribution in [3.05, 3.63) is 32.4 Å². The van der Waals surface area contributed by atoms with Gasteiger partial charge in [0.15, 0.2) is 11.5 Å².